The van der Waals surface area contributed by atoms with Crippen molar-refractivity contribution in [1.82, 2.24) is 9.88 Å². The maximum Gasteiger partial charge on any atom is 0.254 e. The van der Waals surface area contributed by atoms with E-state index in [1.807, 2.05) is 17.9 Å². The zero-order valence-electron chi connectivity index (χ0n) is 11.1. The summed E-state index contributed by atoms with van der Waals surface area (Å²) in [7, 11) is 0. The van der Waals surface area contributed by atoms with E-state index in [0.717, 1.165) is 18.5 Å². The van der Waals surface area contributed by atoms with E-state index in [0.29, 0.717) is 17.1 Å². The first-order valence-electron chi connectivity index (χ1n) is 6.60. The van der Waals surface area contributed by atoms with Gasteiger partial charge in [0.15, 0.2) is 0 Å². The number of pyridine rings is 1. The first-order valence-corrected chi connectivity index (χ1v) is 7.00. The molecule has 0 aromatic carbocycles. The number of hydrogen-bond acceptors (Lipinski definition) is 3. The molecule has 102 valence electrons. The molecule has 2 N–H and O–H groups in total. The molecule has 0 radical (unpaired) electrons. The highest BCUT2D eigenvalue weighted by Gasteiger charge is 2.27. The van der Waals surface area contributed by atoms with Crippen molar-refractivity contribution < 1.29 is 4.79 Å². The van der Waals surface area contributed by atoms with E-state index in [-0.39, 0.29) is 11.9 Å². The van der Waals surface area contributed by atoms with Crippen LogP contribution in [0.2, 0.25) is 0 Å². The molecule has 1 aliphatic rings. The summed E-state index contributed by atoms with van der Waals surface area (Å²) in [5.74, 6) is 0.00481. The van der Waals surface area contributed by atoms with Crippen LogP contribution in [-0.2, 0) is 0 Å². The third-order valence-corrected chi connectivity index (χ3v) is 3.63. The Hall–Kier alpha value is -1.49. The molecular formula is C14H19N3OS. The summed E-state index contributed by atoms with van der Waals surface area (Å²) in [6.07, 6.45) is 6.08. The van der Waals surface area contributed by atoms with Gasteiger partial charge in [-0.05, 0) is 31.9 Å². The summed E-state index contributed by atoms with van der Waals surface area (Å²) in [5, 5.41) is 0. The van der Waals surface area contributed by atoms with Crippen molar-refractivity contribution in [1.29, 1.82) is 0 Å². The van der Waals surface area contributed by atoms with Crippen molar-refractivity contribution in [3.8, 4) is 0 Å². The maximum atomic E-state index is 12.6. The van der Waals surface area contributed by atoms with Crippen LogP contribution in [0.15, 0.2) is 18.3 Å². The van der Waals surface area contributed by atoms with Gasteiger partial charge in [-0.25, -0.2) is 0 Å². The normalized spacial score (nSPS) is 15.4. The Balaban J connectivity index is 2.21. The van der Waals surface area contributed by atoms with Gasteiger partial charge in [0.1, 0.15) is 0 Å². The molecule has 1 amide bonds. The van der Waals surface area contributed by atoms with E-state index in [2.05, 4.69) is 4.98 Å². The van der Waals surface area contributed by atoms with Crippen LogP contribution in [0.3, 0.4) is 0 Å². The number of amides is 1. The summed E-state index contributed by atoms with van der Waals surface area (Å²) >= 11 is 4.97. The Kier molecular flexibility index (Phi) is 4.47. The van der Waals surface area contributed by atoms with Crippen LogP contribution in [0.1, 0.15) is 41.7 Å². The summed E-state index contributed by atoms with van der Waals surface area (Å²) < 4.78 is 0. The molecule has 5 heteroatoms. The monoisotopic (exact) mass is 277 g/mol. The van der Waals surface area contributed by atoms with Gasteiger partial charge in [0, 0.05) is 23.5 Å². The molecule has 0 spiro atoms. The van der Waals surface area contributed by atoms with Gasteiger partial charge in [0.05, 0.1) is 11.5 Å². The van der Waals surface area contributed by atoms with E-state index in [9.17, 15) is 4.79 Å². The van der Waals surface area contributed by atoms with Crippen LogP contribution in [0.5, 0.6) is 0 Å². The Bertz CT molecular complexity index is 483. The minimum atomic E-state index is 0.00481. The van der Waals surface area contributed by atoms with Crippen LogP contribution in [0, 0.1) is 6.92 Å². The van der Waals surface area contributed by atoms with Gasteiger partial charge in [0.25, 0.3) is 5.91 Å². The van der Waals surface area contributed by atoms with Crippen molar-refractivity contribution in [2.24, 2.45) is 5.73 Å². The molecule has 1 fully saturated rings. The van der Waals surface area contributed by atoms with E-state index in [1.54, 1.807) is 12.3 Å². The van der Waals surface area contributed by atoms with Gasteiger partial charge >= 0.3 is 0 Å². The highest BCUT2D eigenvalue weighted by Crippen LogP contribution is 2.24. The number of nitrogens with zero attached hydrogens (tertiary/aromatic N) is 2. The van der Waals surface area contributed by atoms with Crippen LogP contribution in [0.4, 0.5) is 0 Å². The molecule has 1 aliphatic carbocycles. The predicted octanol–water partition coefficient (Wildman–Crippen LogP) is 2.06. The lowest BCUT2D eigenvalue weighted by Crippen LogP contribution is -2.43. The fraction of sp³-hybridized carbons (Fsp3) is 0.500. The van der Waals surface area contributed by atoms with E-state index in [4.69, 9.17) is 18.0 Å². The second-order valence-corrected chi connectivity index (χ2v) is 5.55. The zero-order valence-corrected chi connectivity index (χ0v) is 11.9. The number of thiocarbonyl (C=S) groups is 1. The Morgan fingerprint density at radius 1 is 1.53 bits per heavy atom. The second kappa shape index (κ2) is 6.10. The number of aromatic nitrogens is 1. The molecule has 1 saturated carbocycles. The van der Waals surface area contributed by atoms with E-state index < -0.39 is 0 Å². The minimum Gasteiger partial charge on any atom is -0.392 e. The van der Waals surface area contributed by atoms with Crippen molar-refractivity contribution in [3.63, 3.8) is 0 Å². The molecule has 1 aromatic rings. The molecular weight excluding hydrogens is 258 g/mol. The largest absolute Gasteiger partial charge is 0.392 e. The van der Waals surface area contributed by atoms with Crippen molar-refractivity contribution >= 4 is 23.1 Å². The number of rotatable bonds is 4. The average Bonchev–Trinajstić information content (AvgIpc) is 2.88. The van der Waals surface area contributed by atoms with Gasteiger partial charge in [-0.1, -0.05) is 25.1 Å². The third kappa shape index (κ3) is 3.50. The molecule has 0 bridgehead atoms. The number of hydrogen-bond donors (Lipinski definition) is 1. The topological polar surface area (TPSA) is 59.2 Å². The quantitative estimate of drug-likeness (QED) is 0.856. The number of carbonyl (C=O) groups excluding carboxylic acids is 1. The smallest absolute Gasteiger partial charge is 0.254 e. The summed E-state index contributed by atoms with van der Waals surface area (Å²) in [6.45, 7) is 2.24. The van der Waals surface area contributed by atoms with Crippen LogP contribution in [0.25, 0.3) is 0 Å². The Morgan fingerprint density at radius 2 is 2.21 bits per heavy atom. The van der Waals surface area contributed by atoms with E-state index >= 15 is 0 Å². The molecule has 1 aromatic heterocycles. The molecule has 0 unspecified atom stereocenters. The second-order valence-electron chi connectivity index (χ2n) is 5.02. The van der Waals surface area contributed by atoms with Crippen molar-refractivity contribution in [2.45, 2.75) is 38.6 Å². The molecule has 2 rings (SSSR count). The third-order valence-electron chi connectivity index (χ3n) is 3.50. The molecule has 0 aliphatic heterocycles. The van der Waals surface area contributed by atoms with E-state index in [1.165, 1.54) is 12.8 Å². The highest BCUT2D eigenvalue weighted by molar-refractivity contribution is 7.80. The van der Waals surface area contributed by atoms with Gasteiger partial charge < -0.3 is 10.6 Å². The fourth-order valence-corrected chi connectivity index (χ4v) is 2.73. The molecule has 1 heterocycles. The van der Waals surface area contributed by atoms with Crippen LogP contribution < -0.4 is 5.73 Å². The SMILES string of the molecule is Cc1cc(C(=O)N(CC(N)=S)C2CCCC2)ccn1. The summed E-state index contributed by atoms with van der Waals surface area (Å²) in [5.41, 5.74) is 7.13. The lowest BCUT2D eigenvalue weighted by molar-refractivity contribution is 0.0714. The number of carbonyl (C=O) groups is 1. The maximum absolute atomic E-state index is 12.6. The highest BCUT2D eigenvalue weighted by atomic mass is 32.1. The van der Waals surface area contributed by atoms with Crippen molar-refractivity contribution in [3.05, 3.63) is 29.6 Å². The van der Waals surface area contributed by atoms with Gasteiger partial charge in [-0.3, -0.25) is 9.78 Å². The minimum absolute atomic E-state index is 0.00481. The molecule has 19 heavy (non-hydrogen) atoms. The van der Waals surface area contributed by atoms with Crippen LogP contribution >= 0.6 is 12.2 Å². The molecule has 0 saturated heterocycles. The first kappa shape index (κ1) is 13.9. The lowest BCUT2D eigenvalue weighted by Gasteiger charge is -2.28. The van der Waals surface area contributed by atoms with Crippen LogP contribution in [-0.4, -0.2) is 33.4 Å². The number of aryl methyl sites for hydroxylation is 1. The summed E-state index contributed by atoms with van der Waals surface area (Å²) in [6, 6.07) is 3.82. The molecule has 0 atom stereocenters. The van der Waals surface area contributed by atoms with Gasteiger partial charge in [-0.15, -0.1) is 0 Å². The first-order chi connectivity index (χ1) is 9.08. The molecule has 4 nitrogen and oxygen atoms in total. The fourth-order valence-electron chi connectivity index (χ4n) is 2.59. The van der Waals surface area contributed by atoms with Gasteiger partial charge in [0.2, 0.25) is 0 Å². The summed E-state index contributed by atoms with van der Waals surface area (Å²) in [4.78, 5) is 18.9. The van der Waals surface area contributed by atoms with Crippen molar-refractivity contribution in [2.75, 3.05) is 6.54 Å². The Labute approximate surface area is 119 Å². The lowest BCUT2D eigenvalue weighted by atomic mass is 10.1. The standard InChI is InChI=1S/C14H19N3OS/c1-10-8-11(6-7-16-10)14(18)17(9-13(15)19)12-4-2-3-5-12/h6-8,12H,2-5,9H2,1H3,(H2,15,19). The zero-order chi connectivity index (χ0) is 13.8. The number of nitrogens with two attached hydrogens (primary N) is 1. The Morgan fingerprint density at radius 3 is 2.79 bits per heavy atom. The average molecular weight is 277 g/mol. The van der Waals surface area contributed by atoms with Gasteiger partial charge in [-0.2, -0.15) is 0 Å². The predicted molar refractivity (Wildman–Crippen MR) is 79.1 cm³/mol.